The van der Waals surface area contributed by atoms with E-state index in [0.717, 1.165) is 23.0 Å². The second-order valence-electron chi connectivity index (χ2n) is 4.53. The number of benzene rings is 1. The molecule has 1 rings (SSSR count). The Bertz CT molecular complexity index is 607. The van der Waals surface area contributed by atoms with E-state index < -0.39 is 15.8 Å². The smallest absolute Gasteiger partial charge is 0.232 e. The van der Waals surface area contributed by atoms with Gasteiger partial charge in [-0.25, -0.2) is 12.8 Å². The van der Waals surface area contributed by atoms with Crippen molar-refractivity contribution in [2.24, 2.45) is 0 Å². The number of hydrogen-bond donors (Lipinski definition) is 1. The van der Waals surface area contributed by atoms with Gasteiger partial charge >= 0.3 is 0 Å². The molecule has 0 bridgehead atoms. The summed E-state index contributed by atoms with van der Waals surface area (Å²) in [6, 6.07) is 3.67. The fourth-order valence-corrected chi connectivity index (χ4v) is 2.83. The topological polar surface area (TPSA) is 66.5 Å². The van der Waals surface area contributed by atoms with Crippen LogP contribution in [0.5, 0.6) is 0 Å². The van der Waals surface area contributed by atoms with Crippen molar-refractivity contribution in [2.45, 2.75) is 19.8 Å². The van der Waals surface area contributed by atoms with Crippen LogP contribution in [0, 0.1) is 5.82 Å². The molecule has 5 nitrogen and oxygen atoms in total. The monoisotopic (exact) mass is 336 g/mol. The lowest BCUT2D eigenvalue weighted by molar-refractivity contribution is -0.121. The van der Waals surface area contributed by atoms with Gasteiger partial charge in [-0.05, 0) is 24.6 Å². The molecule has 0 radical (unpaired) electrons. The highest BCUT2D eigenvalue weighted by Gasteiger charge is 2.18. The Morgan fingerprint density at radius 3 is 2.62 bits per heavy atom. The summed E-state index contributed by atoms with van der Waals surface area (Å²) in [6.07, 6.45) is 2.15. The molecule has 0 saturated carbocycles. The third-order valence-electron chi connectivity index (χ3n) is 2.71. The molecule has 0 aromatic heterocycles. The minimum atomic E-state index is -3.56. The fourth-order valence-electron chi connectivity index (χ4n) is 1.74. The van der Waals surface area contributed by atoms with Crippen LogP contribution in [0.1, 0.15) is 19.8 Å². The highest BCUT2D eigenvalue weighted by Crippen LogP contribution is 2.24. The Morgan fingerprint density at radius 2 is 2.10 bits per heavy atom. The SMILES string of the molecule is CCCC(=O)NCCN(c1ccc(F)c(Cl)c1)S(C)(=O)=O. The first kappa shape index (κ1) is 17.7. The summed E-state index contributed by atoms with van der Waals surface area (Å²) in [5, 5.41) is 2.47. The Balaban J connectivity index is 2.82. The molecule has 0 aliphatic carbocycles. The summed E-state index contributed by atoms with van der Waals surface area (Å²) >= 11 is 5.67. The number of carbonyl (C=O) groups is 1. The van der Waals surface area contributed by atoms with Gasteiger partial charge in [0.05, 0.1) is 23.5 Å². The van der Waals surface area contributed by atoms with E-state index >= 15 is 0 Å². The maximum Gasteiger partial charge on any atom is 0.232 e. The van der Waals surface area contributed by atoms with Crippen molar-refractivity contribution in [1.82, 2.24) is 5.32 Å². The Labute approximate surface area is 129 Å². The van der Waals surface area contributed by atoms with Gasteiger partial charge in [-0.3, -0.25) is 9.10 Å². The lowest BCUT2D eigenvalue weighted by atomic mass is 10.3. The van der Waals surface area contributed by atoms with E-state index in [1.165, 1.54) is 12.1 Å². The number of hydrogen-bond acceptors (Lipinski definition) is 3. The van der Waals surface area contributed by atoms with Gasteiger partial charge in [0, 0.05) is 13.0 Å². The van der Waals surface area contributed by atoms with Crippen molar-refractivity contribution >= 4 is 33.2 Å². The number of rotatable bonds is 7. The van der Waals surface area contributed by atoms with Gasteiger partial charge in [0.25, 0.3) is 0 Å². The van der Waals surface area contributed by atoms with Gasteiger partial charge in [0.2, 0.25) is 15.9 Å². The Morgan fingerprint density at radius 1 is 1.43 bits per heavy atom. The van der Waals surface area contributed by atoms with Gasteiger partial charge in [0.15, 0.2) is 0 Å². The van der Waals surface area contributed by atoms with Crippen LogP contribution in [-0.4, -0.2) is 33.7 Å². The number of amides is 1. The number of nitrogens with zero attached hydrogens (tertiary/aromatic N) is 1. The van der Waals surface area contributed by atoms with Crippen molar-refractivity contribution in [1.29, 1.82) is 0 Å². The fraction of sp³-hybridized carbons (Fsp3) is 0.462. The standard InChI is InChI=1S/C13H18ClFN2O3S/c1-3-4-13(18)16-7-8-17(21(2,19)20)10-5-6-12(15)11(14)9-10/h5-6,9H,3-4,7-8H2,1-2H3,(H,16,18). The second-order valence-corrected chi connectivity index (χ2v) is 6.85. The quantitative estimate of drug-likeness (QED) is 0.829. The van der Waals surface area contributed by atoms with Crippen LogP contribution in [0.15, 0.2) is 18.2 Å². The first-order chi connectivity index (χ1) is 9.75. The molecule has 0 heterocycles. The molecule has 8 heteroatoms. The lowest BCUT2D eigenvalue weighted by Crippen LogP contribution is -2.38. The molecule has 0 fully saturated rings. The maximum atomic E-state index is 13.1. The van der Waals surface area contributed by atoms with E-state index in [2.05, 4.69) is 5.32 Å². The summed E-state index contributed by atoms with van der Waals surface area (Å²) in [7, 11) is -3.56. The molecular formula is C13H18ClFN2O3S. The normalized spacial score (nSPS) is 11.2. The van der Waals surface area contributed by atoms with Crippen LogP contribution < -0.4 is 9.62 Å². The van der Waals surface area contributed by atoms with Crippen molar-refractivity contribution in [2.75, 3.05) is 23.7 Å². The molecule has 1 amide bonds. The molecule has 1 N–H and O–H groups in total. The molecule has 1 aromatic rings. The van der Waals surface area contributed by atoms with Crippen LogP contribution in [0.25, 0.3) is 0 Å². The molecule has 118 valence electrons. The average molecular weight is 337 g/mol. The van der Waals surface area contributed by atoms with Crippen LogP contribution in [-0.2, 0) is 14.8 Å². The minimum absolute atomic E-state index is 0.0518. The van der Waals surface area contributed by atoms with E-state index in [4.69, 9.17) is 11.6 Å². The summed E-state index contributed by atoms with van der Waals surface area (Å²) in [6.45, 7) is 2.10. The van der Waals surface area contributed by atoms with Crippen LogP contribution in [0.2, 0.25) is 5.02 Å². The van der Waals surface area contributed by atoms with Crippen molar-refractivity contribution in [3.8, 4) is 0 Å². The molecule has 0 saturated heterocycles. The predicted octanol–water partition coefficient (Wildman–Crippen LogP) is 2.16. The summed E-state index contributed by atoms with van der Waals surface area (Å²) < 4.78 is 37.8. The van der Waals surface area contributed by atoms with Gasteiger partial charge in [-0.2, -0.15) is 0 Å². The third kappa shape index (κ3) is 5.51. The first-order valence-corrected chi connectivity index (χ1v) is 8.67. The molecule has 21 heavy (non-hydrogen) atoms. The van der Waals surface area contributed by atoms with Gasteiger partial charge in [-0.1, -0.05) is 18.5 Å². The average Bonchev–Trinajstić information content (AvgIpc) is 2.37. The largest absolute Gasteiger partial charge is 0.354 e. The predicted molar refractivity (Wildman–Crippen MR) is 81.5 cm³/mol. The summed E-state index contributed by atoms with van der Waals surface area (Å²) in [4.78, 5) is 11.4. The lowest BCUT2D eigenvalue weighted by Gasteiger charge is -2.22. The number of carbonyl (C=O) groups excluding carboxylic acids is 1. The first-order valence-electron chi connectivity index (χ1n) is 6.45. The van der Waals surface area contributed by atoms with E-state index in [1.54, 1.807) is 0 Å². The Kier molecular flexibility index (Phi) is 6.42. The number of sulfonamides is 1. The third-order valence-corrected chi connectivity index (χ3v) is 4.19. The van der Waals surface area contributed by atoms with E-state index in [9.17, 15) is 17.6 Å². The van der Waals surface area contributed by atoms with E-state index in [0.29, 0.717) is 6.42 Å². The minimum Gasteiger partial charge on any atom is -0.354 e. The molecule has 0 unspecified atom stereocenters. The molecule has 0 aliphatic rings. The molecule has 1 aromatic carbocycles. The van der Waals surface area contributed by atoms with E-state index in [-0.39, 0.29) is 29.7 Å². The summed E-state index contributed by atoms with van der Waals surface area (Å²) in [5.41, 5.74) is 0.258. The van der Waals surface area contributed by atoms with Crippen molar-refractivity contribution < 1.29 is 17.6 Å². The summed E-state index contributed by atoms with van der Waals surface area (Å²) in [5.74, 6) is -0.756. The molecule has 0 aliphatic heterocycles. The van der Waals surface area contributed by atoms with Crippen molar-refractivity contribution in [3.63, 3.8) is 0 Å². The second kappa shape index (κ2) is 7.61. The number of halogens is 2. The number of nitrogens with one attached hydrogen (secondary N) is 1. The van der Waals surface area contributed by atoms with Gasteiger partial charge in [0.1, 0.15) is 5.82 Å². The zero-order valence-corrected chi connectivity index (χ0v) is 13.5. The van der Waals surface area contributed by atoms with E-state index in [1.807, 2.05) is 6.92 Å². The highest BCUT2D eigenvalue weighted by molar-refractivity contribution is 7.92. The molecule has 0 spiro atoms. The van der Waals surface area contributed by atoms with Crippen LogP contribution >= 0.6 is 11.6 Å². The zero-order chi connectivity index (χ0) is 16.0. The highest BCUT2D eigenvalue weighted by atomic mass is 35.5. The molecular weight excluding hydrogens is 319 g/mol. The van der Waals surface area contributed by atoms with Gasteiger partial charge in [-0.15, -0.1) is 0 Å². The Hall–Kier alpha value is -1.34. The van der Waals surface area contributed by atoms with Gasteiger partial charge < -0.3 is 5.32 Å². The molecule has 0 atom stereocenters. The van der Waals surface area contributed by atoms with Crippen LogP contribution in [0.4, 0.5) is 10.1 Å². The van der Waals surface area contributed by atoms with Crippen LogP contribution in [0.3, 0.4) is 0 Å². The zero-order valence-electron chi connectivity index (χ0n) is 11.9. The maximum absolute atomic E-state index is 13.1. The number of anilines is 1. The van der Waals surface area contributed by atoms with Crippen molar-refractivity contribution in [3.05, 3.63) is 29.0 Å².